The van der Waals surface area contributed by atoms with Crippen LogP contribution in [0.4, 0.5) is 0 Å². The van der Waals surface area contributed by atoms with Crippen molar-refractivity contribution < 1.29 is 40.8 Å². The number of rotatable bonds is 9. The maximum Gasteiger partial charge on any atom is 0.338 e. The Morgan fingerprint density at radius 3 is 2.12 bits per heavy atom. The molecule has 3 heterocycles. The number of ether oxygens (including phenoxy) is 3. The van der Waals surface area contributed by atoms with Crippen molar-refractivity contribution in [1.29, 1.82) is 0 Å². The number of esters is 2. The van der Waals surface area contributed by atoms with Crippen LogP contribution in [0.15, 0.2) is 87.6 Å². The molecule has 5 atom stereocenters. The van der Waals surface area contributed by atoms with Gasteiger partial charge in [0.25, 0.3) is 15.7 Å². The van der Waals surface area contributed by atoms with Gasteiger partial charge in [-0.3, -0.25) is 14.3 Å². The summed E-state index contributed by atoms with van der Waals surface area (Å²) >= 11 is 0. The van der Waals surface area contributed by atoms with Gasteiger partial charge >= 0.3 is 17.6 Å². The summed E-state index contributed by atoms with van der Waals surface area (Å²) in [5.74, 6) is -1.62. The molecular weight excluding hydrogens is 675 g/mol. The van der Waals surface area contributed by atoms with E-state index in [1.165, 1.54) is 37.4 Å². The molecule has 5 rings (SSSR count). The molecule has 1 saturated heterocycles. The number of nitrogens with zero attached hydrogens (tertiary/aromatic N) is 1. The van der Waals surface area contributed by atoms with E-state index in [-0.39, 0.29) is 22.4 Å². The van der Waals surface area contributed by atoms with Crippen molar-refractivity contribution in [2.45, 2.75) is 76.0 Å². The summed E-state index contributed by atoms with van der Waals surface area (Å²) < 4.78 is 58.1. The topological polar surface area (TPSA) is 195 Å². The van der Waals surface area contributed by atoms with E-state index in [1.54, 1.807) is 36.4 Å². The average molecular weight is 714 g/mol. The Balaban J connectivity index is 1.69. The lowest BCUT2D eigenvalue weighted by atomic mass is 9.86. The molecule has 3 unspecified atom stereocenters. The number of nitrogens with one attached hydrogen (secondary N) is 1. The average Bonchev–Trinajstić information content (AvgIpc) is 3.47. The summed E-state index contributed by atoms with van der Waals surface area (Å²) in [5, 5.41) is 0.254. The first kappa shape index (κ1) is 35.9. The van der Waals surface area contributed by atoms with E-state index in [1.807, 2.05) is 33.9 Å². The van der Waals surface area contributed by atoms with Crippen molar-refractivity contribution in [3.05, 3.63) is 115 Å². The molecule has 1 spiro atoms. The highest BCUT2D eigenvalue weighted by Gasteiger charge is 2.69. The molecule has 2 aliphatic rings. The molecule has 0 bridgehead atoms. The van der Waals surface area contributed by atoms with Gasteiger partial charge in [-0.05, 0) is 49.3 Å². The number of H-pyrrole nitrogens is 1. The summed E-state index contributed by atoms with van der Waals surface area (Å²) in [6.45, 7) is 10.5. The fourth-order valence-corrected chi connectivity index (χ4v) is 7.89. The number of aromatic amines is 1. The highest BCUT2D eigenvalue weighted by molar-refractivity contribution is 7.90. The van der Waals surface area contributed by atoms with E-state index in [9.17, 15) is 27.6 Å². The molecule has 2 aromatic carbocycles. The van der Waals surface area contributed by atoms with Crippen LogP contribution in [0.2, 0.25) is 18.1 Å². The summed E-state index contributed by atoms with van der Waals surface area (Å²) in [6, 6.07) is 16.0. The predicted octanol–water partition coefficient (Wildman–Crippen LogP) is 3.11. The predicted molar refractivity (Wildman–Crippen MR) is 179 cm³/mol. The van der Waals surface area contributed by atoms with Gasteiger partial charge in [-0.2, -0.15) is 8.42 Å². The minimum atomic E-state index is -4.49. The third kappa shape index (κ3) is 7.05. The zero-order chi connectivity index (χ0) is 35.9. The molecule has 0 radical (unpaired) electrons. The van der Waals surface area contributed by atoms with Gasteiger partial charge in [-0.1, -0.05) is 57.2 Å². The highest BCUT2D eigenvalue weighted by Crippen LogP contribution is 2.52. The fraction of sp³-hybridized carbons (Fsp3) is 0.394. The van der Waals surface area contributed by atoms with Gasteiger partial charge in [-0.25, -0.2) is 18.6 Å². The van der Waals surface area contributed by atoms with E-state index in [4.69, 9.17) is 28.6 Å². The van der Waals surface area contributed by atoms with Crippen LogP contribution in [0.25, 0.3) is 0 Å². The van der Waals surface area contributed by atoms with Crippen molar-refractivity contribution in [3.8, 4) is 0 Å². The van der Waals surface area contributed by atoms with E-state index < -0.39 is 83.4 Å². The van der Waals surface area contributed by atoms with Gasteiger partial charge in [0, 0.05) is 11.8 Å². The van der Waals surface area contributed by atoms with Gasteiger partial charge in [0.2, 0.25) is 0 Å². The van der Waals surface area contributed by atoms with Crippen LogP contribution in [0.5, 0.6) is 0 Å². The molecule has 0 saturated carbocycles. The molecule has 262 valence electrons. The Bertz CT molecular complexity index is 1990. The molecule has 49 heavy (non-hydrogen) atoms. The number of carbonyl (C=O) groups excluding carboxylic acids is 2. The van der Waals surface area contributed by atoms with E-state index in [0.717, 1.165) is 4.57 Å². The van der Waals surface area contributed by atoms with Crippen LogP contribution in [0.3, 0.4) is 0 Å². The molecule has 3 aromatic rings. The lowest BCUT2D eigenvalue weighted by Gasteiger charge is -2.43. The van der Waals surface area contributed by atoms with Crippen LogP contribution < -0.4 is 17.0 Å². The minimum absolute atomic E-state index is 0.135. The SMILES string of the molecule is Cc1cn([C@@H]2O[C@H](C(COC(=O)c3ccccc3)OC(=O)c3ccccc3)C3(OS(=O)(=O)C=C3N)C2O[Si](C)(C)C(C)(C)C)c(=O)[nH]c1=O. The van der Waals surface area contributed by atoms with Gasteiger partial charge in [0.1, 0.15) is 18.8 Å². The van der Waals surface area contributed by atoms with E-state index >= 15 is 0 Å². The second kappa shape index (κ2) is 13.2. The number of nitrogens with two attached hydrogens (primary N) is 1. The van der Waals surface area contributed by atoms with Crippen LogP contribution in [-0.2, 0) is 32.9 Å². The highest BCUT2D eigenvalue weighted by atomic mass is 32.2. The zero-order valence-corrected chi connectivity index (χ0v) is 29.7. The smallest absolute Gasteiger partial charge is 0.338 e. The molecular formula is C33H39N3O11SSi. The summed E-state index contributed by atoms with van der Waals surface area (Å²) in [7, 11) is -7.39. The lowest BCUT2D eigenvalue weighted by molar-refractivity contribution is -0.115. The molecule has 1 fully saturated rings. The first-order valence-corrected chi connectivity index (χ1v) is 19.8. The largest absolute Gasteiger partial charge is 0.458 e. The second-order valence-corrected chi connectivity index (χ2v) is 19.6. The quantitative estimate of drug-likeness (QED) is 0.187. The van der Waals surface area contributed by atoms with Crippen molar-refractivity contribution in [3.63, 3.8) is 0 Å². The van der Waals surface area contributed by atoms with Crippen LogP contribution in [0.1, 0.15) is 53.3 Å². The summed E-state index contributed by atoms with van der Waals surface area (Å²) in [5.41, 5.74) is 2.89. The molecule has 14 nitrogen and oxygen atoms in total. The van der Waals surface area contributed by atoms with Crippen molar-refractivity contribution in [2.75, 3.05) is 6.61 Å². The molecule has 0 aliphatic carbocycles. The van der Waals surface area contributed by atoms with Gasteiger partial charge in [0.15, 0.2) is 26.3 Å². The normalized spacial score (nSPS) is 24.0. The third-order valence-electron chi connectivity index (χ3n) is 9.01. The van der Waals surface area contributed by atoms with Crippen LogP contribution in [-0.4, -0.2) is 68.7 Å². The summed E-state index contributed by atoms with van der Waals surface area (Å²) in [4.78, 5) is 54.5. The minimum Gasteiger partial charge on any atom is -0.458 e. The van der Waals surface area contributed by atoms with Crippen molar-refractivity contribution in [1.82, 2.24) is 9.55 Å². The Kier molecular flexibility index (Phi) is 9.66. The van der Waals surface area contributed by atoms with Gasteiger partial charge < -0.3 is 24.4 Å². The second-order valence-electron chi connectivity index (χ2n) is 13.4. The Hall–Kier alpha value is -4.35. The van der Waals surface area contributed by atoms with Crippen molar-refractivity contribution in [2.24, 2.45) is 5.73 Å². The maximum atomic E-state index is 13.5. The summed E-state index contributed by atoms with van der Waals surface area (Å²) in [6.07, 6.45) is -4.91. The van der Waals surface area contributed by atoms with Crippen LogP contribution in [0, 0.1) is 6.92 Å². The molecule has 2 aliphatic heterocycles. The fourth-order valence-electron chi connectivity index (χ4n) is 5.40. The van der Waals surface area contributed by atoms with Crippen LogP contribution >= 0.6 is 0 Å². The third-order valence-corrected chi connectivity index (χ3v) is 14.5. The lowest BCUT2D eigenvalue weighted by Crippen LogP contribution is -2.61. The molecule has 1 aromatic heterocycles. The molecule has 16 heteroatoms. The Morgan fingerprint density at radius 2 is 1.59 bits per heavy atom. The maximum absolute atomic E-state index is 13.5. The number of hydrogen-bond donors (Lipinski definition) is 2. The molecule has 0 amide bonds. The Labute approximate surface area is 284 Å². The first-order chi connectivity index (χ1) is 22.9. The van der Waals surface area contributed by atoms with Gasteiger partial charge in [0.05, 0.1) is 22.2 Å². The standard InChI is InChI=1S/C33H39N3O11SSi/c1-20-17-36(31(40)35-27(20)37)28-26(46-49(5,6)32(2,3)4)33(24(34)19-48(41,42)47-33)25(45-28)23(44-30(39)22-15-11-8-12-16-22)18-43-29(38)21-13-9-7-10-14-21/h7-17,19,23,25-26,28H,18,34H2,1-6H3,(H,35,37,40)/t23?,25-,26?,28-,33?/m1/s1. The van der Waals surface area contributed by atoms with Gasteiger partial charge in [-0.15, -0.1) is 0 Å². The number of aryl methyl sites for hydroxylation is 1. The first-order valence-electron chi connectivity index (χ1n) is 15.4. The van der Waals surface area contributed by atoms with E-state index in [2.05, 4.69) is 4.98 Å². The number of hydrogen-bond acceptors (Lipinski definition) is 12. The number of benzene rings is 2. The zero-order valence-electron chi connectivity index (χ0n) is 27.9. The number of carbonyl (C=O) groups is 2. The molecule has 3 N–H and O–H groups in total. The monoisotopic (exact) mass is 713 g/mol. The number of aromatic nitrogens is 2. The Morgan fingerprint density at radius 1 is 1.02 bits per heavy atom. The van der Waals surface area contributed by atoms with Crippen molar-refractivity contribution >= 4 is 30.4 Å². The van der Waals surface area contributed by atoms with E-state index in [0.29, 0.717) is 5.41 Å².